The van der Waals surface area contributed by atoms with Crippen molar-refractivity contribution >= 4 is 140 Å². The predicted octanol–water partition coefficient (Wildman–Crippen LogP) is 23.7. The molecule has 3 aliphatic heterocycles. The van der Waals surface area contributed by atoms with Gasteiger partial charge in [0.2, 0.25) is 0 Å². The van der Waals surface area contributed by atoms with Crippen molar-refractivity contribution in [1.29, 1.82) is 0 Å². The second-order valence-corrected chi connectivity index (χ2v) is 45.3. The second kappa shape index (κ2) is 52.9. The van der Waals surface area contributed by atoms with E-state index < -0.39 is 51.9 Å². The number of ether oxygens (including phenoxy) is 6. The summed E-state index contributed by atoms with van der Waals surface area (Å²) in [5.41, 5.74) is 0.443. The lowest BCUT2D eigenvalue weighted by Crippen LogP contribution is -2.47. The molecule has 0 radical (unpaired) electrons. The zero-order chi connectivity index (χ0) is 104. The Morgan fingerprint density at radius 1 is 0.241 bits per heavy atom. The average molecular weight is 1990 g/mol. The summed E-state index contributed by atoms with van der Waals surface area (Å²) in [6.07, 6.45) is 12.8. The van der Waals surface area contributed by atoms with E-state index in [0.717, 1.165) is 104 Å². The highest BCUT2D eigenvalue weighted by Crippen LogP contribution is 2.41. The number of carbonyl (C=O) groups excluding carboxylic acids is 7. The molecule has 0 unspecified atom stereocenters. The van der Waals surface area contributed by atoms with Crippen LogP contribution in [-0.4, -0.2) is 286 Å². The molecule has 3 aliphatic rings. The standard InChI is InChI=1S/C45H64N4O6.C30H40N4.C25H48N4O6.C20H16O/c1-43(2,3)53-40(50)47-27-14-28-49(42(52)55-45(7,8)9)32-31-48(41(51)54-44(4,5)6)26-13-25-46(29-30-47)24-11-10-15-33-18-19-36-21-20-34-16-12-17-35-22-23-37(33)39(36)38(34)35;1(2-21-34-22-5-17-32-19-18-31-15-4-16-33-20-23-34)6-24-9-10-27-12-11-25-7-3-8-26-13-14-28(24)30(27)29(25)26;1-23(2,3)33-20(30)27-15-11-16-29(22(32)35-25(7,8)9)19-18-28(14-10-12-26-13-17-27)21(31)34-24(4,5)6;21-13-2-1-4-14-7-8-17-10-9-15-5-3-6-16-11-12-18(14)20(17)19(15)16/h12,16-23H,10-11,13-15,24-32H2,1-9H3;3,7-14,31-33H,1-2,4-6,15-23H2;26H,10-19H2,1-9H3;3,5-13H,1-2,4H2. The number of benzene rings is 12. The lowest BCUT2D eigenvalue weighted by atomic mass is 9.90. The quantitative estimate of drug-likeness (QED) is 0.0342. The lowest BCUT2D eigenvalue weighted by molar-refractivity contribution is -0.107. The Labute approximate surface area is 862 Å². The van der Waals surface area contributed by atoms with Crippen molar-refractivity contribution in [3.8, 4) is 0 Å². The van der Waals surface area contributed by atoms with Gasteiger partial charge in [-0.15, -0.1) is 0 Å². The Morgan fingerprint density at radius 3 is 0.807 bits per heavy atom. The zero-order valence-electron chi connectivity index (χ0n) is 90.5. The van der Waals surface area contributed by atoms with Gasteiger partial charge in [-0.25, -0.2) is 28.8 Å². The molecule has 25 heteroatoms. The highest BCUT2D eigenvalue weighted by atomic mass is 16.6. The fourth-order valence-corrected chi connectivity index (χ4v) is 19.5. The number of nitrogens with one attached hydrogen (secondary N) is 4. The molecule has 15 rings (SSSR count). The van der Waals surface area contributed by atoms with Crippen LogP contribution >= 0.6 is 0 Å². The maximum atomic E-state index is 13.5. The summed E-state index contributed by atoms with van der Waals surface area (Å²) in [6.45, 7) is 51.7. The van der Waals surface area contributed by atoms with Crippen molar-refractivity contribution in [1.82, 2.24) is 60.5 Å². The van der Waals surface area contributed by atoms with Crippen LogP contribution in [0.25, 0.3) is 97.0 Å². The molecule has 25 nitrogen and oxygen atoms in total. The normalized spacial score (nSPS) is 16.5. The van der Waals surface area contributed by atoms with Gasteiger partial charge in [-0.1, -0.05) is 164 Å². The van der Waals surface area contributed by atoms with Crippen LogP contribution in [0.15, 0.2) is 164 Å². The molecular weight excluding hydrogens is 1820 g/mol. The summed E-state index contributed by atoms with van der Waals surface area (Å²) in [7, 11) is 0. The first-order valence-electron chi connectivity index (χ1n) is 53.7. The van der Waals surface area contributed by atoms with E-state index in [1.54, 1.807) is 29.4 Å². The van der Waals surface area contributed by atoms with E-state index in [2.05, 4.69) is 195 Å². The number of nitrogens with zero attached hydrogens (tertiary/aromatic N) is 8. The van der Waals surface area contributed by atoms with E-state index in [9.17, 15) is 33.6 Å². The summed E-state index contributed by atoms with van der Waals surface area (Å²) < 4.78 is 34.1. The first-order valence-corrected chi connectivity index (χ1v) is 53.7. The molecule has 3 saturated heterocycles. The molecule has 12 aromatic carbocycles. The Balaban J connectivity index is 0.000000181. The molecule has 0 aromatic heterocycles. The van der Waals surface area contributed by atoms with Crippen molar-refractivity contribution in [3.63, 3.8) is 0 Å². The number of hydrogen-bond donors (Lipinski definition) is 4. The van der Waals surface area contributed by atoms with E-state index in [1.165, 1.54) is 152 Å². The number of hydrogen-bond acceptors (Lipinski definition) is 19. The van der Waals surface area contributed by atoms with Gasteiger partial charge in [-0.2, -0.15) is 0 Å². The van der Waals surface area contributed by atoms with Crippen molar-refractivity contribution in [3.05, 3.63) is 180 Å². The third kappa shape index (κ3) is 35.0. The van der Waals surface area contributed by atoms with E-state index in [0.29, 0.717) is 124 Å². The molecule has 12 aromatic rings. The number of carbonyl (C=O) groups is 7. The van der Waals surface area contributed by atoms with E-state index in [4.69, 9.17) is 28.4 Å². The first-order chi connectivity index (χ1) is 69.1. The Morgan fingerprint density at radius 2 is 0.483 bits per heavy atom. The van der Waals surface area contributed by atoms with Crippen LogP contribution in [0.4, 0.5) is 28.8 Å². The van der Waals surface area contributed by atoms with Crippen molar-refractivity contribution in [2.24, 2.45) is 0 Å². The molecule has 0 aliphatic carbocycles. The molecular formula is C120H168N12O13. The molecule has 0 bridgehead atoms. The zero-order valence-corrected chi connectivity index (χ0v) is 90.5. The molecule has 145 heavy (non-hydrogen) atoms. The van der Waals surface area contributed by atoms with Crippen LogP contribution in [0.2, 0.25) is 0 Å². The summed E-state index contributed by atoms with van der Waals surface area (Å²) in [5.74, 6) is 0. The van der Waals surface area contributed by atoms with Gasteiger partial charge in [0.25, 0.3) is 0 Å². The molecule has 0 atom stereocenters. The average Bonchev–Trinajstić information content (AvgIpc) is 0.749. The third-order valence-corrected chi connectivity index (χ3v) is 26.4. The van der Waals surface area contributed by atoms with Crippen LogP contribution in [0.1, 0.15) is 218 Å². The number of unbranched alkanes of at least 4 members (excludes halogenated alkanes) is 3. The highest BCUT2D eigenvalue weighted by Gasteiger charge is 2.33. The van der Waals surface area contributed by atoms with Gasteiger partial charge >= 0.3 is 36.6 Å². The van der Waals surface area contributed by atoms with Crippen LogP contribution in [0, 0.1) is 0 Å². The molecule has 0 spiro atoms. The summed E-state index contributed by atoms with van der Waals surface area (Å²) in [4.78, 5) is 104. The largest absolute Gasteiger partial charge is 0.444 e. The predicted molar refractivity (Wildman–Crippen MR) is 594 cm³/mol. The van der Waals surface area contributed by atoms with E-state index in [1.807, 2.05) is 125 Å². The number of amides is 6. The third-order valence-electron chi connectivity index (χ3n) is 26.4. The van der Waals surface area contributed by atoms with Gasteiger partial charge in [0.15, 0.2) is 0 Å². The molecule has 4 N–H and O–H groups in total. The number of rotatable bonds is 14. The Bertz CT molecular complexity index is 6080. The first kappa shape index (κ1) is 113. The fraction of sp³-hybridized carbons (Fsp3) is 0.542. The Kier molecular flexibility index (Phi) is 41.1. The smallest absolute Gasteiger partial charge is 0.410 e. The molecule has 3 fully saturated rings. The maximum Gasteiger partial charge on any atom is 0.410 e. The van der Waals surface area contributed by atoms with Crippen LogP contribution in [0.3, 0.4) is 0 Å². The molecule has 6 amide bonds. The van der Waals surface area contributed by atoms with E-state index in [-0.39, 0.29) is 24.8 Å². The fourth-order valence-electron chi connectivity index (χ4n) is 19.5. The van der Waals surface area contributed by atoms with E-state index >= 15 is 0 Å². The van der Waals surface area contributed by atoms with Crippen molar-refractivity contribution in [2.45, 2.75) is 255 Å². The molecule has 786 valence electrons. The van der Waals surface area contributed by atoms with Crippen LogP contribution in [-0.2, 0) is 52.5 Å². The SMILES string of the molecule is CC(C)(C)OC(=O)N1CCCN(C(=O)OC(C)(C)C)CCN(C(=O)OC(C)(C)C)CCCN(CCCCc2ccc3ccc4cccc5ccc2c3c45)CC1.CC(C)(C)OC(=O)N1CCCN(C(=O)OC(C)(C)C)CCN(C(=O)OC(C)(C)C)CCCNCC1.O=CCCCc1ccc2ccc3cccc4ccc1c2c34.c1cc2ccc3ccc(CCCCN4CCCNCCNCCCNCC4)c4ccc(c1)c2c34. The monoisotopic (exact) mass is 1990 g/mol. The van der Waals surface area contributed by atoms with Gasteiger partial charge in [-0.3, -0.25) is 0 Å². The van der Waals surface area contributed by atoms with Crippen molar-refractivity contribution in [2.75, 3.05) is 170 Å². The van der Waals surface area contributed by atoms with Crippen molar-refractivity contribution < 1.29 is 62.0 Å². The highest BCUT2D eigenvalue weighted by molar-refractivity contribution is 6.26. The molecule has 0 saturated carbocycles. The van der Waals surface area contributed by atoms with Gasteiger partial charge in [0.1, 0.15) is 39.9 Å². The molecule has 3 heterocycles. The minimum atomic E-state index is -0.672. The topological polar surface area (TPSA) is 249 Å². The summed E-state index contributed by atoms with van der Waals surface area (Å²) >= 11 is 0. The number of aryl methyl sites for hydroxylation is 3. The number of aldehydes is 1. The second-order valence-electron chi connectivity index (χ2n) is 45.3. The minimum Gasteiger partial charge on any atom is -0.444 e. The van der Waals surface area contributed by atoms with Gasteiger partial charge in [0, 0.05) is 124 Å². The summed E-state index contributed by atoms with van der Waals surface area (Å²) in [5, 5.41) is 38.3. The maximum absolute atomic E-state index is 13.5. The minimum absolute atomic E-state index is 0.285. The van der Waals surface area contributed by atoms with Gasteiger partial charge in [-0.05, 0) is 381 Å². The van der Waals surface area contributed by atoms with Crippen LogP contribution < -0.4 is 21.3 Å². The van der Waals surface area contributed by atoms with Gasteiger partial charge < -0.3 is 93.7 Å². The summed E-state index contributed by atoms with van der Waals surface area (Å²) in [6, 6.07) is 60.4. The van der Waals surface area contributed by atoms with Gasteiger partial charge in [0.05, 0.1) is 0 Å². The lowest BCUT2D eigenvalue weighted by Gasteiger charge is -2.34. The van der Waals surface area contributed by atoms with Crippen LogP contribution in [0.5, 0.6) is 0 Å². The Hall–Kier alpha value is -11.2.